The zero-order valence-electron chi connectivity index (χ0n) is 7.22. The Hall–Kier alpha value is -0.200. The van der Waals surface area contributed by atoms with E-state index >= 15 is 0 Å². The topological polar surface area (TPSA) is 67.2 Å². The first-order chi connectivity index (χ1) is 5.65. The molecule has 1 aliphatic heterocycles. The highest BCUT2D eigenvalue weighted by atomic mass is 16.5. The van der Waals surface area contributed by atoms with Crippen molar-refractivity contribution in [2.75, 3.05) is 26.2 Å². The van der Waals surface area contributed by atoms with Crippen molar-refractivity contribution in [3.8, 4) is 0 Å². The van der Waals surface area contributed by atoms with Crippen molar-refractivity contribution in [2.24, 2.45) is 0 Å². The van der Waals surface area contributed by atoms with Crippen LogP contribution in [0.2, 0.25) is 0 Å². The number of hydrogen-bond donors (Lipinski definition) is 3. The first kappa shape index (κ1) is 9.88. The van der Waals surface area contributed by atoms with Gasteiger partial charge in [0.1, 0.15) is 6.23 Å². The minimum atomic E-state index is -0.559. The summed E-state index contributed by atoms with van der Waals surface area (Å²) in [6.45, 7) is 3.11. The van der Waals surface area contributed by atoms with E-state index in [1.165, 1.54) is 5.06 Å². The summed E-state index contributed by atoms with van der Waals surface area (Å²) in [7, 11) is 0. The van der Waals surface area contributed by atoms with Crippen LogP contribution in [0, 0.1) is 0 Å². The van der Waals surface area contributed by atoms with E-state index in [1.807, 2.05) is 0 Å². The molecule has 5 heteroatoms. The fourth-order valence-electron chi connectivity index (χ4n) is 1.51. The van der Waals surface area contributed by atoms with Crippen molar-refractivity contribution in [3.63, 3.8) is 0 Å². The second kappa shape index (κ2) is 4.15. The molecule has 0 bridgehead atoms. The van der Waals surface area contributed by atoms with Gasteiger partial charge >= 0.3 is 0 Å². The van der Waals surface area contributed by atoms with E-state index in [9.17, 15) is 5.11 Å². The molecule has 1 heterocycles. The lowest BCUT2D eigenvalue weighted by Gasteiger charge is -2.39. The van der Waals surface area contributed by atoms with Gasteiger partial charge in [-0.25, -0.2) is 0 Å². The Balaban J connectivity index is 2.50. The average molecular weight is 176 g/mol. The third-order valence-electron chi connectivity index (χ3n) is 2.20. The number of hydrogen-bond acceptors (Lipinski definition) is 5. The second-order valence-electron chi connectivity index (χ2n) is 3.12. The van der Waals surface area contributed by atoms with Crippen LogP contribution in [-0.4, -0.2) is 63.9 Å². The highest BCUT2D eigenvalue weighted by Crippen LogP contribution is 2.09. The fourth-order valence-corrected chi connectivity index (χ4v) is 1.51. The Morgan fingerprint density at radius 1 is 1.50 bits per heavy atom. The van der Waals surface area contributed by atoms with Crippen LogP contribution in [0.1, 0.15) is 6.92 Å². The van der Waals surface area contributed by atoms with Crippen molar-refractivity contribution < 1.29 is 15.4 Å². The number of nitrogens with zero attached hydrogens (tertiary/aromatic N) is 2. The standard InChI is InChI=1S/C7H16N2O3/c1-6(11)9-3-2-8(12)4-7(9)5-10/h6-7,10-12H,2-5H2,1H3. The third kappa shape index (κ3) is 2.15. The van der Waals surface area contributed by atoms with Gasteiger partial charge in [-0.15, -0.1) is 0 Å². The third-order valence-corrected chi connectivity index (χ3v) is 2.20. The summed E-state index contributed by atoms with van der Waals surface area (Å²) in [5.74, 6) is 0. The first-order valence-electron chi connectivity index (χ1n) is 4.13. The zero-order valence-corrected chi connectivity index (χ0v) is 7.22. The van der Waals surface area contributed by atoms with E-state index in [0.29, 0.717) is 19.6 Å². The maximum Gasteiger partial charge on any atom is 0.104 e. The van der Waals surface area contributed by atoms with Crippen LogP contribution >= 0.6 is 0 Å². The highest BCUT2D eigenvalue weighted by Gasteiger charge is 2.27. The molecular weight excluding hydrogens is 160 g/mol. The van der Waals surface area contributed by atoms with Crippen molar-refractivity contribution >= 4 is 0 Å². The van der Waals surface area contributed by atoms with E-state index in [0.717, 1.165) is 0 Å². The molecule has 5 nitrogen and oxygen atoms in total. The summed E-state index contributed by atoms with van der Waals surface area (Å²) in [5.41, 5.74) is 0. The summed E-state index contributed by atoms with van der Waals surface area (Å²) >= 11 is 0. The van der Waals surface area contributed by atoms with E-state index in [2.05, 4.69) is 0 Å². The van der Waals surface area contributed by atoms with Gasteiger partial charge in [-0.05, 0) is 6.92 Å². The van der Waals surface area contributed by atoms with Crippen molar-refractivity contribution in [3.05, 3.63) is 0 Å². The van der Waals surface area contributed by atoms with E-state index in [1.54, 1.807) is 11.8 Å². The van der Waals surface area contributed by atoms with Crippen LogP contribution in [0.25, 0.3) is 0 Å². The molecule has 3 N–H and O–H groups in total. The molecule has 0 aromatic carbocycles. The van der Waals surface area contributed by atoms with Crippen molar-refractivity contribution in [2.45, 2.75) is 19.2 Å². The molecule has 0 saturated carbocycles. The van der Waals surface area contributed by atoms with Crippen LogP contribution in [0.5, 0.6) is 0 Å². The number of aliphatic hydroxyl groups is 2. The quantitative estimate of drug-likeness (QED) is 0.487. The zero-order chi connectivity index (χ0) is 9.14. The second-order valence-corrected chi connectivity index (χ2v) is 3.12. The Morgan fingerprint density at radius 2 is 2.17 bits per heavy atom. The minimum absolute atomic E-state index is 0.0397. The average Bonchev–Trinajstić information content (AvgIpc) is 2.03. The Kier molecular flexibility index (Phi) is 3.42. The largest absolute Gasteiger partial charge is 0.395 e. The lowest BCUT2D eigenvalue weighted by molar-refractivity contribution is -0.162. The summed E-state index contributed by atoms with van der Waals surface area (Å²) in [5, 5.41) is 28.5. The predicted molar refractivity (Wildman–Crippen MR) is 42.6 cm³/mol. The SMILES string of the molecule is CC(O)N1CCN(O)CC1CO. The molecule has 1 fully saturated rings. The number of piperazine rings is 1. The van der Waals surface area contributed by atoms with Gasteiger partial charge in [0.25, 0.3) is 0 Å². The van der Waals surface area contributed by atoms with Crippen LogP contribution in [0.3, 0.4) is 0 Å². The fraction of sp³-hybridized carbons (Fsp3) is 1.00. The molecule has 0 aromatic rings. The van der Waals surface area contributed by atoms with Crippen LogP contribution in [0.15, 0.2) is 0 Å². The molecule has 2 atom stereocenters. The molecule has 2 unspecified atom stereocenters. The lowest BCUT2D eigenvalue weighted by Crippen LogP contribution is -2.56. The van der Waals surface area contributed by atoms with Gasteiger partial charge in [-0.1, -0.05) is 0 Å². The predicted octanol–water partition coefficient (Wildman–Crippen LogP) is -1.31. The van der Waals surface area contributed by atoms with Gasteiger partial charge in [-0.2, -0.15) is 5.06 Å². The smallest absolute Gasteiger partial charge is 0.104 e. The highest BCUT2D eigenvalue weighted by molar-refractivity contribution is 4.78. The molecule has 0 radical (unpaired) electrons. The summed E-state index contributed by atoms with van der Waals surface area (Å²) < 4.78 is 0. The number of rotatable bonds is 2. The van der Waals surface area contributed by atoms with Gasteiger partial charge in [0.2, 0.25) is 0 Å². The molecule has 0 aliphatic carbocycles. The molecule has 0 amide bonds. The molecule has 0 aromatic heterocycles. The molecule has 0 spiro atoms. The summed E-state index contributed by atoms with van der Waals surface area (Å²) in [6.07, 6.45) is -0.559. The molecule has 1 rings (SSSR count). The molecular formula is C7H16N2O3. The summed E-state index contributed by atoms with van der Waals surface area (Å²) in [6, 6.07) is -0.163. The Morgan fingerprint density at radius 3 is 2.67 bits per heavy atom. The maximum absolute atomic E-state index is 9.28. The van der Waals surface area contributed by atoms with Crippen LogP contribution in [0.4, 0.5) is 0 Å². The van der Waals surface area contributed by atoms with Crippen molar-refractivity contribution in [1.82, 2.24) is 9.96 Å². The maximum atomic E-state index is 9.28. The normalized spacial score (nSPS) is 30.5. The molecule has 72 valence electrons. The number of hydroxylamine groups is 2. The van der Waals surface area contributed by atoms with E-state index in [-0.39, 0.29) is 12.6 Å². The number of aliphatic hydroxyl groups excluding tert-OH is 2. The molecule has 1 aliphatic rings. The van der Waals surface area contributed by atoms with Crippen LogP contribution < -0.4 is 0 Å². The Bertz CT molecular complexity index is 143. The first-order valence-corrected chi connectivity index (χ1v) is 4.13. The van der Waals surface area contributed by atoms with Gasteiger partial charge in [0.05, 0.1) is 12.6 Å². The van der Waals surface area contributed by atoms with Gasteiger partial charge in [-0.3, -0.25) is 4.90 Å². The van der Waals surface area contributed by atoms with Gasteiger partial charge in [0, 0.05) is 19.6 Å². The minimum Gasteiger partial charge on any atom is -0.395 e. The Labute approximate surface area is 71.8 Å². The van der Waals surface area contributed by atoms with E-state index in [4.69, 9.17) is 10.3 Å². The monoisotopic (exact) mass is 176 g/mol. The molecule has 12 heavy (non-hydrogen) atoms. The summed E-state index contributed by atoms with van der Waals surface area (Å²) in [4.78, 5) is 1.77. The molecule has 1 saturated heterocycles. The van der Waals surface area contributed by atoms with Gasteiger partial charge in [0.15, 0.2) is 0 Å². The van der Waals surface area contributed by atoms with Gasteiger partial charge < -0.3 is 15.4 Å². The van der Waals surface area contributed by atoms with Crippen molar-refractivity contribution in [1.29, 1.82) is 0 Å². The van der Waals surface area contributed by atoms with E-state index < -0.39 is 6.23 Å². The van der Waals surface area contributed by atoms with Crippen LogP contribution in [-0.2, 0) is 0 Å². The lowest BCUT2D eigenvalue weighted by atomic mass is 10.2.